The number of non-ortho nitro benzene ring substituents is 1. The van der Waals surface area contributed by atoms with Crippen molar-refractivity contribution in [2.24, 2.45) is 0 Å². The second-order valence-corrected chi connectivity index (χ2v) is 9.34. The first-order chi connectivity index (χ1) is 16.9. The number of thiazole rings is 1. The predicted molar refractivity (Wildman–Crippen MR) is 133 cm³/mol. The van der Waals surface area contributed by atoms with Crippen LogP contribution in [0.3, 0.4) is 0 Å². The van der Waals surface area contributed by atoms with Gasteiger partial charge in [0.15, 0.2) is 16.1 Å². The third kappa shape index (κ3) is 6.16. The third-order valence-electron chi connectivity index (χ3n) is 4.77. The number of carbonyl (C=O) groups excluding carboxylic acids is 1. The molecule has 0 radical (unpaired) electrons. The second-order valence-electron chi connectivity index (χ2n) is 7.28. The Labute approximate surface area is 207 Å². The van der Waals surface area contributed by atoms with Crippen LogP contribution in [0.1, 0.15) is 10.4 Å². The first-order valence-electron chi connectivity index (χ1n) is 10.3. The van der Waals surface area contributed by atoms with Gasteiger partial charge in [-0.3, -0.25) is 19.5 Å². The summed E-state index contributed by atoms with van der Waals surface area (Å²) >= 11 is 2.54. The fraction of sp³-hybridized carbons (Fsp3) is 0.130. The number of nitrogens with zero attached hydrogens (tertiary/aromatic N) is 5. The second kappa shape index (κ2) is 11.0. The summed E-state index contributed by atoms with van der Waals surface area (Å²) in [6.07, 6.45) is 3.93. The van der Waals surface area contributed by atoms with Crippen LogP contribution >= 0.6 is 23.1 Å². The van der Waals surface area contributed by atoms with Gasteiger partial charge in [-0.2, -0.15) is 0 Å². The highest BCUT2D eigenvalue weighted by Gasteiger charge is 2.17. The van der Waals surface area contributed by atoms with E-state index in [1.54, 1.807) is 41.1 Å². The van der Waals surface area contributed by atoms with Gasteiger partial charge in [0.1, 0.15) is 5.82 Å². The van der Waals surface area contributed by atoms with E-state index in [9.17, 15) is 19.3 Å². The SMILES string of the molecule is C=CCn1c(SCC(=O)Nc2ncc(Cc3ccc(F)cc3)s2)nnc1-c1cccc([N+](=O)[O-])c1. The quantitative estimate of drug-likeness (QED) is 0.139. The number of hydrogen-bond acceptors (Lipinski definition) is 8. The Morgan fingerprint density at radius 2 is 2.06 bits per heavy atom. The van der Waals surface area contributed by atoms with Gasteiger partial charge in [0.25, 0.3) is 5.69 Å². The number of anilines is 1. The van der Waals surface area contributed by atoms with Crippen molar-refractivity contribution >= 4 is 39.8 Å². The van der Waals surface area contributed by atoms with E-state index in [0.717, 1.165) is 10.4 Å². The third-order valence-corrected chi connectivity index (χ3v) is 6.65. The van der Waals surface area contributed by atoms with Crippen LogP contribution in [0.5, 0.6) is 0 Å². The highest BCUT2D eigenvalue weighted by atomic mass is 32.2. The van der Waals surface area contributed by atoms with Crippen LogP contribution in [0.15, 0.2) is 72.5 Å². The minimum absolute atomic E-state index is 0.0496. The molecule has 0 aliphatic heterocycles. The zero-order valence-corrected chi connectivity index (χ0v) is 19.9. The summed E-state index contributed by atoms with van der Waals surface area (Å²) in [5.41, 5.74) is 1.44. The van der Waals surface area contributed by atoms with E-state index in [-0.39, 0.29) is 23.2 Å². The van der Waals surface area contributed by atoms with Gasteiger partial charge in [0.2, 0.25) is 5.91 Å². The zero-order valence-electron chi connectivity index (χ0n) is 18.3. The number of thioether (sulfide) groups is 1. The lowest BCUT2D eigenvalue weighted by atomic mass is 10.1. The van der Waals surface area contributed by atoms with Crippen molar-refractivity contribution in [1.82, 2.24) is 19.7 Å². The van der Waals surface area contributed by atoms with Crippen LogP contribution in [-0.4, -0.2) is 36.3 Å². The normalized spacial score (nSPS) is 10.8. The smallest absolute Gasteiger partial charge is 0.270 e. The van der Waals surface area contributed by atoms with Crippen molar-refractivity contribution in [3.05, 3.63) is 93.8 Å². The van der Waals surface area contributed by atoms with E-state index in [4.69, 9.17) is 0 Å². The number of hydrogen-bond donors (Lipinski definition) is 1. The molecular weight excluding hydrogens is 491 g/mol. The molecule has 35 heavy (non-hydrogen) atoms. The van der Waals surface area contributed by atoms with E-state index in [0.29, 0.717) is 34.6 Å². The number of rotatable bonds is 10. The molecule has 0 spiro atoms. The average Bonchev–Trinajstić information content (AvgIpc) is 3.46. The molecule has 0 aliphatic carbocycles. The minimum Gasteiger partial charge on any atom is -0.301 e. The van der Waals surface area contributed by atoms with Crippen LogP contribution < -0.4 is 5.32 Å². The molecule has 0 saturated carbocycles. The maximum Gasteiger partial charge on any atom is 0.270 e. The van der Waals surface area contributed by atoms with E-state index in [1.165, 1.54) is 47.4 Å². The van der Waals surface area contributed by atoms with Gasteiger partial charge in [-0.05, 0) is 17.7 Å². The molecule has 0 fully saturated rings. The van der Waals surface area contributed by atoms with Gasteiger partial charge < -0.3 is 5.32 Å². The number of nitro groups is 1. The number of amides is 1. The fourth-order valence-electron chi connectivity index (χ4n) is 3.20. The Morgan fingerprint density at radius 3 is 2.80 bits per heavy atom. The number of nitro benzene ring substituents is 1. The van der Waals surface area contributed by atoms with Crippen molar-refractivity contribution in [3.8, 4) is 11.4 Å². The highest BCUT2D eigenvalue weighted by molar-refractivity contribution is 7.99. The summed E-state index contributed by atoms with van der Waals surface area (Å²) < 4.78 is 14.8. The summed E-state index contributed by atoms with van der Waals surface area (Å²) in [6.45, 7) is 4.12. The van der Waals surface area contributed by atoms with Crippen molar-refractivity contribution in [2.45, 2.75) is 18.1 Å². The van der Waals surface area contributed by atoms with Crippen molar-refractivity contribution in [3.63, 3.8) is 0 Å². The first-order valence-corrected chi connectivity index (χ1v) is 12.1. The predicted octanol–water partition coefficient (Wildman–Crippen LogP) is 4.96. The summed E-state index contributed by atoms with van der Waals surface area (Å²) in [4.78, 5) is 28.3. The number of nitrogens with one attached hydrogen (secondary N) is 1. The van der Waals surface area contributed by atoms with Gasteiger partial charge in [-0.1, -0.05) is 42.1 Å². The standard InChI is InChI=1S/C23H19FN6O3S2/c1-2-10-29-21(16-4-3-5-18(12-16)30(32)33)27-28-23(29)34-14-20(31)26-22-25-13-19(35-22)11-15-6-8-17(24)9-7-15/h2-9,12-13H,1,10-11,14H2,(H,25,26,31). The number of allylic oxidation sites excluding steroid dienone is 1. The van der Waals surface area contributed by atoms with Gasteiger partial charge in [-0.25, -0.2) is 9.37 Å². The number of carbonyl (C=O) groups is 1. The molecule has 178 valence electrons. The van der Waals surface area contributed by atoms with Crippen molar-refractivity contribution in [2.75, 3.05) is 11.1 Å². The Bertz CT molecular complexity index is 1370. The molecule has 4 aromatic rings. The summed E-state index contributed by atoms with van der Waals surface area (Å²) in [7, 11) is 0. The minimum atomic E-state index is -0.471. The monoisotopic (exact) mass is 510 g/mol. The van der Waals surface area contributed by atoms with Crippen LogP contribution in [0.2, 0.25) is 0 Å². The molecule has 1 N–H and O–H groups in total. The van der Waals surface area contributed by atoms with Crippen molar-refractivity contribution in [1.29, 1.82) is 0 Å². The molecule has 12 heteroatoms. The van der Waals surface area contributed by atoms with Crippen LogP contribution in [0.4, 0.5) is 15.2 Å². The highest BCUT2D eigenvalue weighted by Crippen LogP contribution is 2.27. The van der Waals surface area contributed by atoms with Crippen LogP contribution in [0, 0.1) is 15.9 Å². The molecule has 0 bridgehead atoms. The summed E-state index contributed by atoms with van der Waals surface area (Å²) in [5.74, 6) is -0.0360. The summed E-state index contributed by atoms with van der Waals surface area (Å²) in [5, 5.41) is 23.2. The number of benzene rings is 2. The van der Waals surface area contributed by atoms with Crippen LogP contribution in [-0.2, 0) is 17.8 Å². The molecule has 0 unspecified atom stereocenters. The molecule has 1 amide bonds. The largest absolute Gasteiger partial charge is 0.301 e. The molecule has 2 heterocycles. The molecule has 0 atom stereocenters. The molecule has 2 aromatic carbocycles. The van der Waals surface area contributed by atoms with E-state index >= 15 is 0 Å². The first kappa shape index (κ1) is 24.2. The molecule has 0 saturated heterocycles. The van der Waals surface area contributed by atoms with Gasteiger partial charge in [-0.15, -0.1) is 28.1 Å². The molecule has 0 aliphatic rings. The Morgan fingerprint density at radius 1 is 1.26 bits per heavy atom. The maximum atomic E-state index is 13.1. The Kier molecular flexibility index (Phi) is 7.63. The molecular formula is C23H19FN6O3S2. The van der Waals surface area contributed by atoms with E-state index in [2.05, 4.69) is 27.1 Å². The lowest BCUT2D eigenvalue weighted by Gasteiger charge is -2.07. The number of halogens is 1. The van der Waals surface area contributed by atoms with Crippen LogP contribution in [0.25, 0.3) is 11.4 Å². The fourth-order valence-corrected chi connectivity index (χ4v) is 4.81. The molecule has 4 rings (SSSR count). The maximum absolute atomic E-state index is 13.1. The zero-order chi connectivity index (χ0) is 24.8. The Balaban J connectivity index is 1.40. The Hall–Kier alpha value is -3.90. The average molecular weight is 511 g/mol. The lowest BCUT2D eigenvalue weighted by molar-refractivity contribution is -0.384. The molecule has 9 nitrogen and oxygen atoms in total. The van der Waals surface area contributed by atoms with E-state index in [1.807, 2.05) is 0 Å². The van der Waals surface area contributed by atoms with Crippen molar-refractivity contribution < 1.29 is 14.1 Å². The summed E-state index contributed by atoms with van der Waals surface area (Å²) in [6, 6.07) is 12.4. The molecule has 2 aromatic heterocycles. The van der Waals surface area contributed by atoms with Gasteiger partial charge in [0.05, 0.1) is 10.7 Å². The number of aromatic nitrogens is 4. The van der Waals surface area contributed by atoms with Gasteiger partial charge in [0, 0.05) is 41.7 Å². The van der Waals surface area contributed by atoms with Gasteiger partial charge >= 0.3 is 0 Å². The van der Waals surface area contributed by atoms with E-state index < -0.39 is 4.92 Å². The lowest BCUT2D eigenvalue weighted by Crippen LogP contribution is -2.14. The topological polar surface area (TPSA) is 116 Å².